The van der Waals surface area contributed by atoms with E-state index >= 15 is 0 Å². The number of halogens is 1. The molecule has 1 heterocycles. The molecule has 0 spiro atoms. The third kappa shape index (κ3) is 3.42. The summed E-state index contributed by atoms with van der Waals surface area (Å²) in [4.78, 5) is 19.5. The van der Waals surface area contributed by atoms with Gasteiger partial charge in [0.2, 0.25) is 15.0 Å². The van der Waals surface area contributed by atoms with E-state index in [0.717, 1.165) is 11.8 Å². The first-order chi connectivity index (χ1) is 10.3. The number of benzene rings is 1. The molecule has 0 amide bonds. The Morgan fingerprint density at radius 3 is 2.64 bits per heavy atom. The van der Waals surface area contributed by atoms with Crippen molar-refractivity contribution in [2.75, 3.05) is 5.75 Å². The van der Waals surface area contributed by atoms with Crippen LogP contribution in [0.25, 0.3) is 0 Å². The number of sulfone groups is 1. The fourth-order valence-electron chi connectivity index (χ4n) is 1.59. The zero-order chi connectivity index (χ0) is 16.3. The van der Waals surface area contributed by atoms with Gasteiger partial charge < -0.3 is 4.74 Å². The summed E-state index contributed by atoms with van der Waals surface area (Å²) in [6.07, 6.45) is 1.07. The Labute approximate surface area is 133 Å². The molecule has 0 N–H and O–H groups in total. The van der Waals surface area contributed by atoms with Gasteiger partial charge in [0, 0.05) is 0 Å². The van der Waals surface area contributed by atoms with E-state index < -0.39 is 21.0 Å². The topological polar surface area (TPSA) is 86.2 Å². The van der Waals surface area contributed by atoms with Crippen LogP contribution in [0.5, 0.6) is 5.75 Å². The Balaban J connectivity index is 2.38. The number of carbonyl (C=O) groups excluding carboxylic acids is 1. The number of carbonyl (C=O) groups is 1. The minimum Gasteiger partial charge on any atom is -0.421 e. The molecule has 0 aliphatic heterocycles. The highest BCUT2D eigenvalue weighted by Gasteiger charge is 2.22. The summed E-state index contributed by atoms with van der Waals surface area (Å²) in [5, 5.41) is -0.523. The van der Waals surface area contributed by atoms with Gasteiger partial charge in [-0.15, -0.1) is 0 Å². The molecule has 0 saturated heterocycles. The molecule has 0 unspecified atom stereocenters. The number of rotatable bonds is 4. The van der Waals surface area contributed by atoms with E-state index in [1.807, 2.05) is 0 Å². The predicted molar refractivity (Wildman–Crippen MR) is 80.9 cm³/mol. The lowest BCUT2D eigenvalue weighted by Gasteiger charge is -2.08. The average Bonchev–Trinajstić information content (AvgIpc) is 2.49. The second kappa shape index (κ2) is 6.41. The summed E-state index contributed by atoms with van der Waals surface area (Å²) >= 11 is 5.87. The largest absolute Gasteiger partial charge is 0.421 e. The summed E-state index contributed by atoms with van der Waals surface area (Å²) in [6, 6.07) is 6.91. The van der Waals surface area contributed by atoms with E-state index in [4.69, 9.17) is 16.3 Å². The number of aryl methyl sites for hydroxylation is 1. The number of hydrogen-bond donors (Lipinski definition) is 0. The van der Waals surface area contributed by atoms with Crippen molar-refractivity contribution >= 4 is 27.4 Å². The van der Waals surface area contributed by atoms with Gasteiger partial charge in [-0.3, -0.25) is 0 Å². The molecule has 0 fully saturated rings. The van der Waals surface area contributed by atoms with Gasteiger partial charge in [-0.25, -0.2) is 23.2 Å². The van der Waals surface area contributed by atoms with Crippen LogP contribution in [0.15, 0.2) is 35.6 Å². The first kappa shape index (κ1) is 16.4. The molecule has 0 aliphatic rings. The molecule has 116 valence electrons. The zero-order valence-corrected chi connectivity index (χ0v) is 13.5. The first-order valence-corrected chi connectivity index (χ1v) is 8.41. The number of esters is 1. The molecule has 6 nitrogen and oxygen atoms in total. The van der Waals surface area contributed by atoms with E-state index in [9.17, 15) is 13.2 Å². The minimum absolute atomic E-state index is 0.0753. The Bertz CT molecular complexity index is 821. The van der Waals surface area contributed by atoms with E-state index in [2.05, 4.69) is 9.97 Å². The maximum absolute atomic E-state index is 12.2. The third-order valence-electron chi connectivity index (χ3n) is 2.87. The first-order valence-electron chi connectivity index (χ1n) is 6.38. The lowest BCUT2D eigenvalue weighted by molar-refractivity contribution is 0.0726. The van der Waals surface area contributed by atoms with E-state index in [-0.39, 0.29) is 16.5 Å². The summed E-state index contributed by atoms with van der Waals surface area (Å²) in [5.74, 6) is -0.669. The van der Waals surface area contributed by atoms with Crippen LogP contribution >= 0.6 is 11.6 Å². The summed E-state index contributed by atoms with van der Waals surface area (Å²) in [6.45, 7) is 3.23. The summed E-state index contributed by atoms with van der Waals surface area (Å²) in [7, 11) is -3.64. The van der Waals surface area contributed by atoms with Gasteiger partial charge in [0.05, 0.1) is 17.0 Å². The van der Waals surface area contributed by atoms with Gasteiger partial charge in [-0.1, -0.05) is 36.7 Å². The normalized spacial score (nSPS) is 11.2. The quantitative estimate of drug-likeness (QED) is 0.482. The Hall–Kier alpha value is -1.99. The van der Waals surface area contributed by atoms with Gasteiger partial charge >= 0.3 is 5.97 Å². The van der Waals surface area contributed by atoms with Gasteiger partial charge in [0.25, 0.3) is 0 Å². The molecular weight excluding hydrogens is 328 g/mol. The van der Waals surface area contributed by atoms with Gasteiger partial charge in [-0.05, 0) is 18.6 Å². The highest BCUT2D eigenvalue weighted by atomic mass is 35.5. The minimum atomic E-state index is -3.64. The number of hydrogen-bond acceptors (Lipinski definition) is 6. The number of nitrogens with zero attached hydrogens (tertiary/aromatic N) is 2. The maximum atomic E-state index is 12.2. The maximum Gasteiger partial charge on any atom is 0.364 e. The molecule has 0 aliphatic carbocycles. The highest BCUT2D eigenvalue weighted by Crippen LogP contribution is 2.21. The predicted octanol–water partition coefficient (Wildman–Crippen LogP) is 2.45. The standard InChI is InChI=1S/C14H13ClN2O4S/c1-3-22(19,20)14-16-8-10(15)12(17-14)13(18)21-11-7-5-4-6-9(11)2/h4-8H,3H2,1-2H3. The van der Waals surface area contributed by atoms with Crippen LogP contribution in [0.4, 0.5) is 0 Å². The van der Waals surface area contributed by atoms with Crippen molar-refractivity contribution in [3.8, 4) is 5.75 Å². The second-order valence-electron chi connectivity index (χ2n) is 4.41. The van der Waals surface area contributed by atoms with Crippen molar-refractivity contribution in [2.45, 2.75) is 19.0 Å². The van der Waals surface area contributed by atoms with Crippen LogP contribution in [0.1, 0.15) is 23.0 Å². The van der Waals surface area contributed by atoms with Gasteiger partial charge in [0.15, 0.2) is 5.69 Å². The summed E-state index contributed by atoms with van der Waals surface area (Å²) in [5.41, 5.74) is 0.467. The molecule has 0 atom stereocenters. The Morgan fingerprint density at radius 1 is 1.32 bits per heavy atom. The van der Waals surface area contributed by atoms with Crippen molar-refractivity contribution in [1.29, 1.82) is 0 Å². The fraction of sp³-hybridized carbons (Fsp3) is 0.214. The summed E-state index contributed by atoms with van der Waals surface area (Å²) < 4.78 is 28.8. The smallest absolute Gasteiger partial charge is 0.364 e. The molecule has 0 radical (unpaired) electrons. The van der Waals surface area contributed by atoms with Crippen LogP contribution in [0.2, 0.25) is 5.02 Å². The molecule has 0 saturated carbocycles. The van der Waals surface area contributed by atoms with E-state index in [1.54, 1.807) is 31.2 Å². The lowest BCUT2D eigenvalue weighted by atomic mass is 10.2. The Morgan fingerprint density at radius 2 is 2.00 bits per heavy atom. The van der Waals surface area contributed by atoms with Crippen molar-refractivity contribution < 1.29 is 17.9 Å². The molecule has 2 aromatic rings. The monoisotopic (exact) mass is 340 g/mol. The molecule has 2 rings (SSSR count). The van der Waals surface area contributed by atoms with Gasteiger partial charge in [-0.2, -0.15) is 0 Å². The SMILES string of the molecule is CCS(=O)(=O)c1ncc(Cl)c(C(=O)Oc2ccccc2C)n1. The molecular formula is C14H13ClN2O4S. The molecule has 0 bridgehead atoms. The van der Waals surface area contributed by atoms with E-state index in [1.165, 1.54) is 6.92 Å². The molecule has 1 aromatic heterocycles. The van der Waals surface area contributed by atoms with Crippen molar-refractivity contribution in [3.63, 3.8) is 0 Å². The van der Waals surface area contributed by atoms with Crippen LogP contribution in [-0.2, 0) is 9.84 Å². The van der Waals surface area contributed by atoms with Crippen LogP contribution in [0, 0.1) is 6.92 Å². The lowest BCUT2D eigenvalue weighted by Crippen LogP contribution is -2.16. The van der Waals surface area contributed by atoms with Gasteiger partial charge in [0.1, 0.15) is 5.75 Å². The zero-order valence-electron chi connectivity index (χ0n) is 11.9. The Kier molecular flexibility index (Phi) is 4.77. The molecule has 8 heteroatoms. The third-order valence-corrected chi connectivity index (χ3v) is 4.66. The van der Waals surface area contributed by atoms with Crippen molar-refractivity contribution in [3.05, 3.63) is 46.7 Å². The van der Waals surface area contributed by atoms with Crippen molar-refractivity contribution in [1.82, 2.24) is 9.97 Å². The second-order valence-corrected chi connectivity index (χ2v) is 6.99. The van der Waals surface area contributed by atoms with Crippen molar-refractivity contribution in [2.24, 2.45) is 0 Å². The van der Waals surface area contributed by atoms with Crippen LogP contribution in [-0.4, -0.2) is 30.1 Å². The number of ether oxygens (including phenoxy) is 1. The number of para-hydroxylation sites is 1. The average molecular weight is 341 g/mol. The molecule has 1 aromatic carbocycles. The van der Waals surface area contributed by atoms with Crippen LogP contribution < -0.4 is 4.74 Å². The molecule has 22 heavy (non-hydrogen) atoms. The van der Waals surface area contributed by atoms with E-state index in [0.29, 0.717) is 5.75 Å². The van der Waals surface area contributed by atoms with Crippen LogP contribution in [0.3, 0.4) is 0 Å². The highest BCUT2D eigenvalue weighted by molar-refractivity contribution is 7.91. The number of aromatic nitrogens is 2. The fourth-order valence-corrected chi connectivity index (χ4v) is 2.46.